The first-order chi connectivity index (χ1) is 8.68. The zero-order valence-corrected chi connectivity index (χ0v) is 10.1. The maximum absolute atomic E-state index is 12.4. The molecule has 0 bridgehead atoms. The largest absolute Gasteiger partial charge is 0.289 e. The van der Waals surface area contributed by atoms with Crippen LogP contribution in [0.3, 0.4) is 0 Å². The number of hydrogen-bond acceptors (Lipinski definition) is 2. The minimum atomic E-state index is -0.0499. The molecule has 0 aliphatic heterocycles. The number of ketones is 2. The fraction of sp³-hybridized carbons (Fsp3) is 0.125. The van der Waals surface area contributed by atoms with E-state index in [-0.39, 0.29) is 11.6 Å². The smallest absolute Gasteiger partial charge is 0.194 e. The Kier molecular flexibility index (Phi) is 2.37. The van der Waals surface area contributed by atoms with Gasteiger partial charge in [0, 0.05) is 22.3 Å². The molecule has 2 heteroatoms. The normalized spacial score (nSPS) is 18.2. The summed E-state index contributed by atoms with van der Waals surface area (Å²) in [6.07, 6.45) is 6.37. The van der Waals surface area contributed by atoms with Gasteiger partial charge in [-0.3, -0.25) is 9.59 Å². The highest BCUT2D eigenvalue weighted by atomic mass is 16.1. The van der Waals surface area contributed by atoms with Gasteiger partial charge in [0.1, 0.15) is 0 Å². The SMILES string of the molecule is CC1=CCC=C2C(=O)c3ccccc3C(=O)C2=C1. The lowest BCUT2D eigenvalue weighted by Crippen LogP contribution is -2.22. The first kappa shape index (κ1) is 10.9. The van der Waals surface area contributed by atoms with E-state index in [1.807, 2.05) is 25.2 Å². The zero-order chi connectivity index (χ0) is 12.7. The van der Waals surface area contributed by atoms with E-state index in [1.165, 1.54) is 0 Å². The monoisotopic (exact) mass is 236 g/mol. The van der Waals surface area contributed by atoms with Crippen LogP contribution in [0, 0.1) is 0 Å². The van der Waals surface area contributed by atoms with Crippen molar-refractivity contribution in [1.29, 1.82) is 0 Å². The minimum absolute atomic E-state index is 0.0421. The number of allylic oxidation sites excluding steroid dienone is 6. The van der Waals surface area contributed by atoms with Gasteiger partial charge in [0.15, 0.2) is 11.6 Å². The molecule has 0 heterocycles. The Bertz CT molecular complexity index is 657. The highest BCUT2D eigenvalue weighted by Crippen LogP contribution is 2.31. The molecule has 0 unspecified atom stereocenters. The topological polar surface area (TPSA) is 34.1 Å². The number of fused-ring (bicyclic) bond motifs is 2. The number of rotatable bonds is 0. The van der Waals surface area contributed by atoms with Crippen molar-refractivity contribution >= 4 is 11.6 Å². The van der Waals surface area contributed by atoms with Crippen molar-refractivity contribution in [3.05, 3.63) is 70.3 Å². The fourth-order valence-electron chi connectivity index (χ4n) is 2.41. The van der Waals surface area contributed by atoms with Crippen molar-refractivity contribution in [1.82, 2.24) is 0 Å². The van der Waals surface area contributed by atoms with Crippen LogP contribution in [0.1, 0.15) is 34.1 Å². The van der Waals surface area contributed by atoms with Crippen LogP contribution in [0.4, 0.5) is 0 Å². The second-order valence-electron chi connectivity index (χ2n) is 4.56. The van der Waals surface area contributed by atoms with Gasteiger partial charge in [0.05, 0.1) is 0 Å². The van der Waals surface area contributed by atoms with E-state index in [4.69, 9.17) is 0 Å². The van der Waals surface area contributed by atoms with Crippen LogP contribution in [0.15, 0.2) is 59.2 Å². The maximum Gasteiger partial charge on any atom is 0.194 e. The van der Waals surface area contributed by atoms with Crippen LogP contribution in [0.2, 0.25) is 0 Å². The zero-order valence-electron chi connectivity index (χ0n) is 10.1. The molecule has 0 spiro atoms. The predicted molar refractivity (Wildman–Crippen MR) is 69.6 cm³/mol. The summed E-state index contributed by atoms with van der Waals surface area (Å²) in [4.78, 5) is 24.8. The Morgan fingerprint density at radius 1 is 0.889 bits per heavy atom. The van der Waals surface area contributed by atoms with Gasteiger partial charge in [-0.05, 0) is 19.4 Å². The van der Waals surface area contributed by atoms with E-state index in [1.54, 1.807) is 24.3 Å². The molecule has 2 aliphatic carbocycles. The lowest BCUT2D eigenvalue weighted by molar-refractivity contribution is 0.0972. The second kappa shape index (κ2) is 3.91. The molecule has 2 nitrogen and oxygen atoms in total. The highest BCUT2D eigenvalue weighted by Gasteiger charge is 2.32. The number of Topliss-reactive ketones (excluding diaryl/α,β-unsaturated/α-hetero) is 2. The van der Waals surface area contributed by atoms with Gasteiger partial charge in [-0.15, -0.1) is 0 Å². The van der Waals surface area contributed by atoms with E-state index in [0.717, 1.165) is 5.57 Å². The molecule has 1 aromatic rings. The molecule has 0 N–H and O–H groups in total. The predicted octanol–water partition coefficient (Wildman–Crippen LogP) is 3.27. The number of carbonyl (C=O) groups excluding carboxylic acids is 2. The van der Waals surface area contributed by atoms with E-state index >= 15 is 0 Å². The summed E-state index contributed by atoms with van der Waals surface area (Å²) in [6, 6.07) is 7.02. The Hall–Kier alpha value is -2.22. The quantitative estimate of drug-likeness (QED) is 0.692. The molecule has 0 radical (unpaired) electrons. The number of benzene rings is 1. The van der Waals surface area contributed by atoms with Crippen molar-refractivity contribution in [3.8, 4) is 0 Å². The molecule has 0 aromatic heterocycles. The summed E-state index contributed by atoms with van der Waals surface area (Å²) < 4.78 is 0. The van der Waals surface area contributed by atoms with Crippen molar-refractivity contribution < 1.29 is 9.59 Å². The Balaban J connectivity index is 2.28. The summed E-state index contributed by atoms with van der Waals surface area (Å²) in [5.41, 5.74) is 3.14. The van der Waals surface area contributed by atoms with Crippen LogP contribution in [0.25, 0.3) is 0 Å². The van der Waals surface area contributed by atoms with Gasteiger partial charge in [0.2, 0.25) is 0 Å². The standard InChI is InChI=1S/C16H12O2/c1-10-5-4-8-13-14(9-10)16(18)12-7-3-2-6-11(12)15(13)17/h2-3,5-9H,4H2,1H3. The van der Waals surface area contributed by atoms with E-state index in [2.05, 4.69) is 0 Å². The van der Waals surface area contributed by atoms with Crippen LogP contribution >= 0.6 is 0 Å². The summed E-state index contributed by atoms with van der Waals surface area (Å²) in [7, 11) is 0. The van der Waals surface area contributed by atoms with Gasteiger partial charge >= 0.3 is 0 Å². The molecule has 88 valence electrons. The first-order valence-electron chi connectivity index (χ1n) is 5.96. The van der Waals surface area contributed by atoms with Gasteiger partial charge in [0.25, 0.3) is 0 Å². The third-order valence-electron chi connectivity index (χ3n) is 3.33. The molecule has 3 rings (SSSR count). The summed E-state index contributed by atoms with van der Waals surface area (Å²) >= 11 is 0. The molecule has 2 aliphatic rings. The summed E-state index contributed by atoms with van der Waals surface area (Å²) in [6.45, 7) is 1.95. The maximum atomic E-state index is 12.4. The van der Waals surface area contributed by atoms with Gasteiger partial charge in [-0.25, -0.2) is 0 Å². The van der Waals surface area contributed by atoms with Crippen LogP contribution in [-0.4, -0.2) is 11.6 Å². The molecule has 1 aromatic carbocycles. The lowest BCUT2D eigenvalue weighted by atomic mass is 9.81. The third-order valence-corrected chi connectivity index (χ3v) is 3.33. The van der Waals surface area contributed by atoms with E-state index in [0.29, 0.717) is 28.7 Å². The van der Waals surface area contributed by atoms with Gasteiger partial charge < -0.3 is 0 Å². The van der Waals surface area contributed by atoms with Gasteiger partial charge in [-0.1, -0.05) is 42.0 Å². The van der Waals surface area contributed by atoms with Crippen LogP contribution in [-0.2, 0) is 0 Å². The fourth-order valence-corrected chi connectivity index (χ4v) is 2.41. The summed E-state index contributed by atoms with van der Waals surface area (Å²) in [5.74, 6) is -0.0920. The number of carbonyl (C=O) groups is 2. The van der Waals surface area contributed by atoms with E-state index < -0.39 is 0 Å². The minimum Gasteiger partial charge on any atom is -0.289 e. The van der Waals surface area contributed by atoms with Crippen molar-refractivity contribution in [2.24, 2.45) is 0 Å². The third kappa shape index (κ3) is 1.50. The van der Waals surface area contributed by atoms with Gasteiger partial charge in [-0.2, -0.15) is 0 Å². The second-order valence-corrected chi connectivity index (χ2v) is 4.56. The average molecular weight is 236 g/mol. The van der Waals surface area contributed by atoms with Crippen LogP contribution in [0.5, 0.6) is 0 Å². The Labute approximate surface area is 105 Å². The number of hydrogen-bond donors (Lipinski definition) is 0. The molecule has 0 fully saturated rings. The molecular weight excluding hydrogens is 224 g/mol. The Morgan fingerprint density at radius 2 is 1.50 bits per heavy atom. The molecule has 18 heavy (non-hydrogen) atoms. The summed E-state index contributed by atoms with van der Waals surface area (Å²) in [5, 5.41) is 0. The van der Waals surface area contributed by atoms with Crippen molar-refractivity contribution in [2.45, 2.75) is 13.3 Å². The molecular formula is C16H12O2. The van der Waals surface area contributed by atoms with Crippen molar-refractivity contribution in [3.63, 3.8) is 0 Å². The average Bonchev–Trinajstić information content (AvgIpc) is 2.58. The molecule has 0 atom stereocenters. The molecule has 0 amide bonds. The lowest BCUT2D eigenvalue weighted by Gasteiger charge is -2.18. The Morgan fingerprint density at radius 3 is 2.17 bits per heavy atom. The van der Waals surface area contributed by atoms with Crippen LogP contribution < -0.4 is 0 Å². The van der Waals surface area contributed by atoms with Crippen molar-refractivity contribution in [2.75, 3.05) is 0 Å². The van der Waals surface area contributed by atoms with E-state index in [9.17, 15) is 9.59 Å². The molecule has 0 saturated carbocycles. The molecule has 0 saturated heterocycles. The highest BCUT2D eigenvalue weighted by molar-refractivity contribution is 6.31. The first-order valence-corrected chi connectivity index (χ1v) is 5.96.